The van der Waals surface area contributed by atoms with Crippen LogP contribution in [0, 0.1) is 6.92 Å². The standard InChI is InChI=1S/C26H30N2O2/c1-3-17-27(19-24-12-8-5-9-13-24)21-26(29)28(20-25-15-14-22(2)30-25)18-16-23-10-6-4-7-11-23/h3-15H,1,16-21H2,2H3. The van der Waals surface area contributed by atoms with E-state index in [0.29, 0.717) is 32.7 Å². The third kappa shape index (κ3) is 6.75. The minimum atomic E-state index is 0.0952. The Morgan fingerprint density at radius 3 is 2.20 bits per heavy atom. The van der Waals surface area contributed by atoms with Crippen molar-refractivity contribution in [3.05, 3.63) is 108 Å². The molecule has 0 saturated carbocycles. The first-order valence-electron chi connectivity index (χ1n) is 10.4. The topological polar surface area (TPSA) is 36.7 Å². The predicted molar refractivity (Wildman–Crippen MR) is 121 cm³/mol. The largest absolute Gasteiger partial charge is 0.464 e. The summed E-state index contributed by atoms with van der Waals surface area (Å²) < 4.78 is 5.74. The van der Waals surface area contributed by atoms with Gasteiger partial charge in [0, 0.05) is 19.6 Å². The fraction of sp³-hybridized carbons (Fsp3) is 0.269. The number of furan rings is 1. The number of nitrogens with zero attached hydrogens (tertiary/aromatic N) is 2. The zero-order valence-corrected chi connectivity index (χ0v) is 17.7. The molecule has 3 rings (SSSR count). The molecule has 0 atom stereocenters. The van der Waals surface area contributed by atoms with Crippen molar-refractivity contribution in [1.29, 1.82) is 0 Å². The second-order valence-electron chi connectivity index (χ2n) is 7.51. The van der Waals surface area contributed by atoms with Crippen LogP contribution < -0.4 is 0 Å². The van der Waals surface area contributed by atoms with Gasteiger partial charge in [0.2, 0.25) is 5.91 Å². The Balaban J connectivity index is 1.69. The van der Waals surface area contributed by atoms with Gasteiger partial charge in [-0.25, -0.2) is 0 Å². The van der Waals surface area contributed by atoms with E-state index in [1.165, 1.54) is 11.1 Å². The number of benzene rings is 2. The highest BCUT2D eigenvalue weighted by molar-refractivity contribution is 5.78. The molecular weight excluding hydrogens is 372 g/mol. The summed E-state index contributed by atoms with van der Waals surface area (Å²) in [6.07, 6.45) is 2.66. The van der Waals surface area contributed by atoms with Gasteiger partial charge in [-0.1, -0.05) is 66.7 Å². The normalized spacial score (nSPS) is 10.9. The quantitative estimate of drug-likeness (QED) is 0.430. The highest BCUT2D eigenvalue weighted by atomic mass is 16.3. The molecule has 0 bridgehead atoms. The van der Waals surface area contributed by atoms with E-state index in [4.69, 9.17) is 4.42 Å². The first-order chi connectivity index (χ1) is 14.6. The van der Waals surface area contributed by atoms with Gasteiger partial charge in [-0.05, 0) is 36.6 Å². The van der Waals surface area contributed by atoms with Gasteiger partial charge in [0.1, 0.15) is 11.5 Å². The van der Waals surface area contributed by atoms with Gasteiger partial charge in [-0.3, -0.25) is 9.69 Å². The van der Waals surface area contributed by atoms with E-state index in [9.17, 15) is 4.79 Å². The molecule has 0 aliphatic carbocycles. The second-order valence-corrected chi connectivity index (χ2v) is 7.51. The number of carbonyl (C=O) groups is 1. The zero-order valence-electron chi connectivity index (χ0n) is 17.7. The maximum atomic E-state index is 13.3. The molecule has 2 aromatic carbocycles. The van der Waals surface area contributed by atoms with Crippen molar-refractivity contribution < 1.29 is 9.21 Å². The van der Waals surface area contributed by atoms with E-state index in [0.717, 1.165) is 17.9 Å². The summed E-state index contributed by atoms with van der Waals surface area (Å²) in [5, 5.41) is 0. The van der Waals surface area contributed by atoms with E-state index in [2.05, 4.69) is 35.7 Å². The van der Waals surface area contributed by atoms with Gasteiger partial charge in [-0.15, -0.1) is 6.58 Å². The average Bonchev–Trinajstić information content (AvgIpc) is 3.17. The highest BCUT2D eigenvalue weighted by Crippen LogP contribution is 2.13. The highest BCUT2D eigenvalue weighted by Gasteiger charge is 2.19. The molecular formula is C26H30N2O2. The molecule has 1 aromatic heterocycles. The average molecular weight is 403 g/mol. The maximum absolute atomic E-state index is 13.3. The van der Waals surface area contributed by atoms with Crippen molar-refractivity contribution in [3.63, 3.8) is 0 Å². The summed E-state index contributed by atoms with van der Waals surface area (Å²) in [6, 6.07) is 24.4. The molecule has 4 heteroatoms. The summed E-state index contributed by atoms with van der Waals surface area (Å²) in [5.41, 5.74) is 2.41. The number of hydrogen-bond acceptors (Lipinski definition) is 3. The van der Waals surface area contributed by atoms with Gasteiger partial charge in [-0.2, -0.15) is 0 Å². The molecule has 0 aliphatic rings. The van der Waals surface area contributed by atoms with Crippen LogP contribution in [-0.2, 0) is 24.3 Å². The second kappa shape index (κ2) is 11.2. The van der Waals surface area contributed by atoms with Crippen LogP contribution in [-0.4, -0.2) is 35.3 Å². The van der Waals surface area contributed by atoms with Crippen LogP contribution in [0.25, 0.3) is 0 Å². The summed E-state index contributed by atoms with van der Waals surface area (Å²) in [4.78, 5) is 17.3. The molecule has 156 valence electrons. The van der Waals surface area contributed by atoms with E-state index in [1.807, 2.05) is 66.4 Å². The summed E-state index contributed by atoms with van der Waals surface area (Å²) >= 11 is 0. The molecule has 0 N–H and O–H groups in total. The van der Waals surface area contributed by atoms with Gasteiger partial charge in [0.15, 0.2) is 0 Å². The molecule has 1 heterocycles. The zero-order chi connectivity index (χ0) is 21.2. The number of rotatable bonds is 11. The van der Waals surface area contributed by atoms with Gasteiger partial charge >= 0.3 is 0 Å². The summed E-state index contributed by atoms with van der Waals surface area (Å²) in [7, 11) is 0. The predicted octanol–water partition coefficient (Wildman–Crippen LogP) is 4.85. The molecule has 0 spiro atoms. The van der Waals surface area contributed by atoms with Crippen LogP contribution in [0.4, 0.5) is 0 Å². The lowest BCUT2D eigenvalue weighted by Gasteiger charge is -2.26. The monoisotopic (exact) mass is 402 g/mol. The van der Waals surface area contributed by atoms with Crippen molar-refractivity contribution in [2.45, 2.75) is 26.4 Å². The fourth-order valence-electron chi connectivity index (χ4n) is 3.46. The van der Waals surface area contributed by atoms with Crippen molar-refractivity contribution in [3.8, 4) is 0 Å². The van der Waals surface area contributed by atoms with Crippen LogP contribution in [0.15, 0.2) is 89.9 Å². The van der Waals surface area contributed by atoms with E-state index < -0.39 is 0 Å². The van der Waals surface area contributed by atoms with Crippen LogP contribution in [0.5, 0.6) is 0 Å². The van der Waals surface area contributed by atoms with Crippen molar-refractivity contribution >= 4 is 5.91 Å². The smallest absolute Gasteiger partial charge is 0.237 e. The molecule has 30 heavy (non-hydrogen) atoms. The summed E-state index contributed by atoms with van der Waals surface area (Å²) in [5.74, 6) is 1.77. The Bertz CT molecular complexity index is 918. The van der Waals surface area contributed by atoms with Crippen LogP contribution in [0.2, 0.25) is 0 Å². The molecule has 0 radical (unpaired) electrons. The number of amides is 1. The number of carbonyl (C=O) groups excluding carboxylic acids is 1. The third-order valence-electron chi connectivity index (χ3n) is 5.00. The Morgan fingerprint density at radius 1 is 0.933 bits per heavy atom. The minimum Gasteiger partial charge on any atom is -0.464 e. The Kier molecular flexibility index (Phi) is 8.04. The van der Waals surface area contributed by atoms with E-state index >= 15 is 0 Å². The first-order valence-corrected chi connectivity index (χ1v) is 10.4. The van der Waals surface area contributed by atoms with Gasteiger partial charge in [0.05, 0.1) is 13.1 Å². The third-order valence-corrected chi connectivity index (χ3v) is 5.00. The summed E-state index contributed by atoms with van der Waals surface area (Å²) in [6.45, 7) is 8.62. The molecule has 1 amide bonds. The van der Waals surface area contributed by atoms with Crippen LogP contribution >= 0.6 is 0 Å². The van der Waals surface area contributed by atoms with Crippen molar-refractivity contribution in [2.75, 3.05) is 19.6 Å². The van der Waals surface area contributed by atoms with Gasteiger partial charge in [0.25, 0.3) is 0 Å². The Hall–Kier alpha value is -3.11. The van der Waals surface area contributed by atoms with Crippen molar-refractivity contribution in [1.82, 2.24) is 9.80 Å². The Labute approximate surface area is 179 Å². The molecule has 0 unspecified atom stereocenters. The molecule has 0 saturated heterocycles. The Morgan fingerprint density at radius 2 is 1.60 bits per heavy atom. The maximum Gasteiger partial charge on any atom is 0.237 e. The molecule has 0 fully saturated rings. The minimum absolute atomic E-state index is 0.0952. The SMILES string of the molecule is C=CCN(CC(=O)N(CCc1ccccc1)Cc1ccc(C)o1)Cc1ccccc1. The fourth-order valence-corrected chi connectivity index (χ4v) is 3.46. The molecule has 3 aromatic rings. The first kappa shape index (κ1) is 21.6. The lowest BCUT2D eigenvalue weighted by molar-refractivity contribution is -0.133. The van der Waals surface area contributed by atoms with E-state index in [-0.39, 0.29) is 5.91 Å². The van der Waals surface area contributed by atoms with Crippen LogP contribution in [0.3, 0.4) is 0 Å². The number of aryl methyl sites for hydroxylation is 1. The molecule has 0 aliphatic heterocycles. The molecule has 4 nitrogen and oxygen atoms in total. The van der Waals surface area contributed by atoms with Crippen molar-refractivity contribution in [2.24, 2.45) is 0 Å². The van der Waals surface area contributed by atoms with E-state index in [1.54, 1.807) is 0 Å². The number of hydrogen-bond donors (Lipinski definition) is 0. The lowest BCUT2D eigenvalue weighted by Crippen LogP contribution is -2.40. The van der Waals surface area contributed by atoms with Crippen LogP contribution in [0.1, 0.15) is 22.6 Å². The van der Waals surface area contributed by atoms with Gasteiger partial charge < -0.3 is 9.32 Å². The lowest BCUT2D eigenvalue weighted by atomic mass is 10.1.